The lowest BCUT2D eigenvalue weighted by molar-refractivity contribution is -0.677. The van der Waals surface area contributed by atoms with Gasteiger partial charge < -0.3 is 24.0 Å². The summed E-state index contributed by atoms with van der Waals surface area (Å²) < 4.78 is 4.44. The highest BCUT2D eigenvalue weighted by Gasteiger charge is 2.06. The van der Waals surface area contributed by atoms with E-state index < -0.39 is 0 Å². The molecule has 0 aliphatic rings. The first kappa shape index (κ1) is 19.5. The Labute approximate surface area is 106 Å². The molecule has 1 aromatic rings. The van der Waals surface area contributed by atoms with Crippen LogP contribution in [0.3, 0.4) is 0 Å². The second-order valence-electron chi connectivity index (χ2n) is 3.00. The van der Waals surface area contributed by atoms with E-state index in [2.05, 4.69) is 42.4 Å². The maximum Gasteiger partial charge on any atom is 0.253 e. The number of aryl methyl sites for hydroxylation is 2. The van der Waals surface area contributed by atoms with E-state index in [0.29, 0.717) is 0 Å². The Kier molecular flexibility index (Phi) is 13.2. The van der Waals surface area contributed by atoms with Crippen LogP contribution in [-0.2, 0) is 13.6 Å². The molecule has 14 heavy (non-hydrogen) atoms. The zero-order valence-electron chi connectivity index (χ0n) is 8.05. The van der Waals surface area contributed by atoms with Gasteiger partial charge in [0.2, 0.25) is 0 Å². The van der Waals surface area contributed by atoms with Gasteiger partial charge in [0.15, 0.2) is 0 Å². The number of halogens is 1. The van der Waals surface area contributed by atoms with Crippen LogP contribution in [0.25, 0.3) is 0 Å². The number of hydrogen-bond donors (Lipinski definition) is 0. The van der Waals surface area contributed by atoms with Crippen molar-refractivity contribution in [2.75, 3.05) is 0 Å². The van der Waals surface area contributed by atoms with Gasteiger partial charge in [-0.3, -0.25) is 0 Å². The van der Waals surface area contributed by atoms with Crippen LogP contribution >= 0.6 is 0 Å². The van der Waals surface area contributed by atoms with Crippen LogP contribution in [0.4, 0.5) is 0 Å². The molecule has 2 nitrogen and oxygen atoms in total. The zero-order chi connectivity index (χ0) is 8.27. The minimum absolute atomic E-state index is 0. The fourth-order valence-electron chi connectivity index (χ4n) is 1.16. The first-order chi connectivity index (χ1) is 5.25. The number of rotatable bonds is 3. The van der Waals surface area contributed by atoms with Gasteiger partial charge in [0.25, 0.3) is 5.82 Å². The molecule has 1 aromatic heterocycles. The fraction of sp³-hybridized carbons (Fsp3) is 0.727. The monoisotopic (exact) mass is 312 g/mol. The van der Waals surface area contributed by atoms with E-state index in [1.165, 1.54) is 18.7 Å². The number of nitrogens with zero attached hydrogens (tertiary/aromatic N) is 2. The van der Waals surface area contributed by atoms with Crippen molar-refractivity contribution in [2.45, 2.75) is 48.1 Å². The molecule has 1 heterocycles. The molecule has 0 aliphatic carbocycles. The van der Waals surface area contributed by atoms with Crippen LogP contribution < -0.4 is 28.5 Å². The molecule has 0 atom stereocenters. The maximum atomic E-state index is 2.30. The molecule has 0 radical (unpaired) electrons. The number of aromatic nitrogens is 2. The Balaban J connectivity index is -0.000000403. The molecule has 0 aliphatic heterocycles. The van der Waals surface area contributed by atoms with Crippen molar-refractivity contribution in [3.63, 3.8) is 0 Å². The van der Waals surface area contributed by atoms with Crippen molar-refractivity contribution in [3.05, 3.63) is 18.2 Å². The largest absolute Gasteiger partial charge is 1.00 e. The van der Waals surface area contributed by atoms with E-state index in [1.807, 2.05) is 0 Å². The smallest absolute Gasteiger partial charge is 0.253 e. The summed E-state index contributed by atoms with van der Waals surface area (Å²) in [5, 5.41) is 0. The highest BCUT2D eigenvalue weighted by atomic mass is 127. The van der Waals surface area contributed by atoms with E-state index in [1.54, 1.807) is 0 Å². The Hall–Kier alpha value is -0.0600. The van der Waals surface area contributed by atoms with Crippen LogP contribution in [0.5, 0.6) is 0 Å². The van der Waals surface area contributed by atoms with Crippen molar-refractivity contribution >= 4 is 0 Å². The van der Waals surface area contributed by atoms with E-state index in [-0.39, 0.29) is 38.8 Å². The predicted octanol–water partition coefficient (Wildman–Crippen LogP) is -0.303. The molecule has 0 saturated carbocycles. The Bertz CT molecular complexity index is 231. The van der Waals surface area contributed by atoms with Crippen LogP contribution in [0.2, 0.25) is 0 Å². The fourth-order valence-corrected chi connectivity index (χ4v) is 1.16. The first-order valence-corrected chi connectivity index (χ1v) is 4.27. The van der Waals surface area contributed by atoms with Crippen LogP contribution in [0, 0.1) is 6.92 Å². The highest BCUT2D eigenvalue weighted by Crippen LogP contribution is 1.96. The third-order valence-corrected chi connectivity index (χ3v) is 2.15. The molecule has 0 N–H and O–H groups in total. The third-order valence-electron chi connectivity index (χ3n) is 2.15. The molecular weight excluding hydrogens is 287 g/mol. The minimum Gasteiger partial charge on any atom is -1.00 e. The molecular formula is C11H25IN2. The highest BCUT2D eigenvalue weighted by molar-refractivity contribution is 4.78. The Morgan fingerprint density at radius 3 is 2.29 bits per heavy atom. The van der Waals surface area contributed by atoms with Gasteiger partial charge in [-0.25, -0.2) is 9.13 Å². The second-order valence-corrected chi connectivity index (χ2v) is 3.00. The quantitative estimate of drug-likeness (QED) is 0.535. The normalized spacial score (nSPS) is 8.21. The van der Waals surface area contributed by atoms with Gasteiger partial charge in [-0.05, 0) is 6.42 Å². The average Bonchev–Trinajstić information content (AvgIpc) is 2.31. The summed E-state index contributed by atoms with van der Waals surface area (Å²) in [6.45, 7) is 5.53. The summed E-state index contributed by atoms with van der Waals surface area (Å²) in [6.07, 6.45) is 6.78. The summed E-state index contributed by atoms with van der Waals surface area (Å²) in [7, 11) is 2.08. The molecule has 0 aromatic carbocycles. The first-order valence-electron chi connectivity index (χ1n) is 4.27. The van der Waals surface area contributed by atoms with Crippen molar-refractivity contribution < 1.29 is 28.5 Å². The lowest BCUT2D eigenvalue weighted by atomic mass is 10.3. The van der Waals surface area contributed by atoms with Gasteiger partial charge in [-0.1, -0.05) is 28.2 Å². The minimum atomic E-state index is 0. The standard InChI is InChI=1S/C9H17N2.2CH4.HI/c1-4-5-6-11-8-7-10(3)9(11)2;;;/h7-8H,4-6H2,1-3H3;2*1H4;1H/q+1;;;/p-1. The van der Waals surface area contributed by atoms with Crippen LogP contribution in [-0.4, -0.2) is 4.57 Å². The van der Waals surface area contributed by atoms with Gasteiger partial charge >= 0.3 is 0 Å². The van der Waals surface area contributed by atoms with Gasteiger partial charge in [0, 0.05) is 6.92 Å². The summed E-state index contributed by atoms with van der Waals surface area (Å²) in [5.74, 6) is 1.33. The number of unbranched alkanes of at least 4 members (excludes halogenated alkanes) is 1. The van der Waals surface area contributed by atoms with E-state index in [9.17, 15) is 0 Å². The Morgan fingerprint density at radius 1 is 1.36 bits per heavy atom. The summed E-state index contributed by atoms with van der Waals surface area (Å²) in [4.78, 5) is 0. The number of hydrogen-bond acceptors (Lipinski definition) is 0. The zero-order valence-corrected chi connectivity index (χ0v) is 10.2. The van der Waals surface area contributed by atoms with Crippen molar-refractivity contribution in [3.8, 4) is 0 Å². The van der Waals surface area contributed by atoms with Gasteiger partial charge in [-0.15, -0.1) is 0 Å². The van der Waals surface area contributed by atoms with Crippen molar-refractivity contribution in [1.29, 1.82) is 0 Å². The topological polar surface area (TPSA) is 8.81 Å². The predicted molar refractivity (Wildman–Crippen MR) is 58.7 cm³/mol. The molecule has 0 spiro atoms. The van der Waals surface area contributed by atoms with E-state index in [0.717, 1.165) is 6.54 Å². The third kappa shape index (κ3) is 4.98. The molecule has 3 heteroatoms. The number of imidazole rings is 1. The summed E-state index contributed by atoms with van der Waals surface area (Å²) >= 11 is 0. The van der Waals surface area contributed by atoms with E-state index in [4.69, 9.17) is 0 Å². The average molecular weight is 312 g/mol. The van der Waals surface area contributed by atoms with E-state index >= 15 is 0 Å². The summed E-state index contributed by atoms with van der Waals surface area (Å²) in [6, 6.07) is 0. The van der Waals surface area contributed by atoms with Gasteiger partial charge in [0.1, 0.15) is 12.4 Å². The molecule has 0 fully saturated rings. The molecule has 0 saturated heterocycles. The molecule has 0 bridgehead atoms. The van der Waals surface area contributed by atoms with Crippen LogP contribution in [0.1, 0.15) is 40.4 Å². The SMILES string of the molecule is C.C.CCCCn1cc[n+](C)c1C.[I-]. The van der Waals surface area contributed by atoms with Crippen LogP contribution in [0.15, 0.2) is 12.4 Å². The van der Waals surface area contributed by atoms with Crippen molar-refractivity contribution in [1.82, 2.24) is 4.57 Å². The van der Waals surface area contributed by atoms with Gasteiger partial charge in [-0.2, -0.15) is 0 Å². The lowest BCUT2D eigenvalue weighted by Gasteiger charge is -1.95. The summed E-state index contributed by atoms with van der Waals surface area (Å²) in [5.41, 5.74) is 0. The lowest BCUT2D eigenvalue weighted by Crippen LogP contribution is -3.00. The molecule has 0 unspecified atom stereocenters. The van der Waals surface area contributed by atoms with Gasteiger partial charge in [0.05, 0.1) is 13.6 Å². The Morgan fingerprint density at radius 2 is 1.93 bits per heavy atom. The molecule has 86 valence electrons. The molecule has 0 amide bonds. The molecule has 1 rings (SSSR count). The second kappa shape index (κ2) is 9.49. The maximum absolute atomic E-state index is 2.30. The van der Waals surface area contributed by atoms with Crippen molar-refractivity contribution in [2.24, 2.45) is 7.05 Å².